The molecule has 0 aliphatic carbocycles. The zero-order valence-electron chi connectivity index (χ0n) is 10.6. The maximum atomic E-state index is 4.17. The van der Waals surface area contributed by atoms with Crippen LogP contribution in [-0.4, -0.2) is 24.5 Å². The van der Waals surface area contributed by atoms with Gasteiger partial charge in [0, 0.05) is 31.9 Å². The SMILES string of the molecule is CC(NC(C)c1nncn1C)c1cnn(C)c1. The molecule has 2 atom stereocenters. The molecule has 92 valence electrons. The quantitative estimate of drug-likeness (QED) is 0.856. The predicted molar refractivity (Wildman–Crippen MR) is 64.2 cm³/mol. The van der Waals surface area contributed by atoms with E-state index >= 15 is 0 Å². The van der Waals surface area contributed by atoms with Gasteiger partial charge < -0.3 is 9.88 Å². The summed E-state index contributed by atoms with van der Waals surface area (Å²) in [5.41, 5.74) is 1.17. The van der Waals surface area contributed by atoms with E-state index in [0.29, 0.717) is 0 Å². The zero-order chi connectivity index (χ0) is 12.4. The van der Waals surface area contributed by atoms with E-state index in [-0.39, 0.29) is 12.1 Å². The molecule has 6 heteroatoms. The number of rotatable bonds is 4. The van der Waals surface area contributed by atoms with Crippen LogP contribution in [0.2, 0.25) is 0 Å². The Balaban J connectivity index is 2.04. The molecule has 2 rings (SSSR count). The van der Waals surface area contributed by atoms with Crippen LogP contribution >= 0.6 is 0 Å². The normalized spacial score (nSPS) is 14.8. The smallest absolute Gasteiger partial charge is 0.149 e. The van der Waals surface area contributed by atoms with Crippen LogP contribution in [-0.2, 0) is 14.1 Å². The van der Waals surface area contributed by atoms with Crippen molar-refractivity contribution in [1.82, 2.24) is 29.9 Å². The molecular formula is C11H18N6. The van der Waals surface area contributed by atoms with E-state index in [1.807, 2.05) is 31.1 Å². The second-order valence-electron chi connectivity index (χ2n) is 4.36. The molecule has 0 spiro atoms. The van der Waals surface area contributed by atoms with E-state index in [2.05, 4.69) is 34.5 Å². The van der Waals surface area contributed by atoms with Gasteiger partial charge in [-0.1, -0.05) is 0 Å². The summed E-state index contributed by atoms with van der Waals surface area (Å²) < 4.78 is 3.73. The highest BCUT2D eigenvalue weighted by Crippen LogP contribution is 2.16. The van der Waals surface area contributed by atoms with Crippen molar-refractivity contribution >= 4 is 0 Å². The highest BCUT2D eigenvalue weighted by atomic mass is 15.3. The molecule has 6 nitrogen and oxygen atoms in total. The maximum Gasteiger partial charge on any atom is 0.149 e. The zero-order valence-corrected chi connectivity index (χ0v) is 10.6. The highest BCUT2D eigenvalue weighted by Gasteiger charge is 2.15. The minimum absolute atomic E-state index is 0.151. The molecule has 0 aliphatic heterocycles. The average Bonchev–Trinajstić information content (AvgIpc) is 2.86. The third-order valence-corrected chi connectivity index (χ3v) is 2.86. The van der Waals surface area contributed by atoms with Crippen LogP contribution in [0.1, 0.15) is 37.3 Å². The van der Waals surface area contributed by atoms with Gasteiger partial charge in [0.05, 0.1) is 12.2 Å². The molecule has 0 saturated carbocycles. The van der Waals surface area contributed by atoms with Gasteiger partial charge in [0.2, 0.25) is 0 Å². The number of nitrogens with zero attached hydrogens (tertiary/aromatic N) is 5. The second kappa shape index (κ2) is 4.67. The van der Waals surface area contributed by atoms with Crippen molar-refractivity contribution < 1.29 is 0 Å². The van der Waals surface area contributed by atoms with Gasteiger partial charge in [-0.3, -0.25) is 4.68 Å². The Morgan fingerprint density at radius 3 is 2.53 bits per heavy atom. The van der Waals surface area contributed by atoms with E-state index < -0.39 is 0 Å². The van der Waals surface area contributed by atoms with Gasteiger partial charge in [0.1, 0.15) is 12.2 Å². The molecule has 1 N–H and O–H groups in total. The summed E-state index contributed by atoms with van der Waals surface area (Å²) in [6.45, 7) is 4.20. The Bertz CT molecular complexity index is 486. The van der Waals surface area contributed by atoms with E-state index in [0.717, 1.165) is 5.82 Å². The lowest BCUT2D eigenvalue weighted by Gasteiger charge is -2.18. The van der Waals surface area contributed by atoms with E-state index in [1.54, 1.807) is 11.0 Å². The Labute approximate surface area is 101 Å². The molecule has 0 saturated heterocycles. The summed E-state index contributed by atoms with van der Waals surface area (Å²) in [6, 6.07) is 0.383. The standard InChI is InChI=1S/C11H18N6/c1-8(10-5-13-17(4)6-10)14-9(2)11-15-12-7-16(11)3/h5-9,14H,1-4H3. The van der Waals surface area contributed by atoms with Gasteiger partial charge in [0.25, 0.3) is 0 Å². The van der Waals surface area contributed by atoms with Crippen molar-refractivity contribution in [3.63, 3.8) is 0 Å². The predicted octanol–water partition coefficient (Wildman–Crippen LogP) is 0.960. The lowest BCUT2D eigenvalue weighted by Crippen LogP contribution is -2.24. The van der Waals surface area contributed by atoms with Crippen LogP contribution in [0.3, 0.4) is 0 Å². The van der Waals surface area contributed by atoms with Gasteiger partial charge in [0.15, 0.2) is 0 Å². The fraction of sp³-hybridized carbons (Fsp3) is 0.545. The largest absolute Gasteiger partial charge is 0.319 e. The number of aromatic nitrogens is 5. The summed E-state index contributed by atoms with van der Waals surface area (Å²) in [6.07, 6.45) is 5.60. The minimum Gasteiger partial charge on any atom is -0.319 e. The molecule has 2 aromatic rings. The van der Waals surface area contributed by atoms with E-state index in [1.165, 1.54) is 5.56 Å². The molecule has 0 bridgehead atoms. The Morgan fingerprint density at radius 2 is 2.00 bits per heavy atom. The molecule has 0 aliphatic rings. The summed E-state index contributed by atoms with van der Waals surface area (Å²) in [4.78, 5) is 0. The monoisotopic (exact) mass is 234 g/mol. The lowest BCUT2D eigenvalue weighted by molar-refractivity contribution is 0.466. The molecule has 2 aromatic heterocycles. The third kappa shape index (κ3) is 2.52. The number of hydrogen-bond donors (Lipinski definition) is 1. The Morgan fingerprint density at radius 1 is 1.24 bits per heavy atom. The van der Waals surface area contributed by atoms with Gasteiger partial charge in [-0.15, -0.1) is 10.2 Å². The third-order valence-electron chi connectivity index (χ3n) is 2.86. The maximum absolute atomic E-state index is 4.17. The highest BCUT2D eigenvalue weighted by molar-refractivity contribution is 5.10. The molecule has 0 fully saturated rings. The first-order chi connectivity index (χ1) is 8.08. The average molecular weight is 234 g/mol. The fourth-order valence-electron chi connectivity index (χ4n) is 1.89. The molecular weight excluding hydrogens is 216 g/mol. The molecule has 2 heterocycles. The van der Waals surface area contributed by atoms with Crippen molar-refractivity contribution in [2.45, 2.75) is 25.9 Å². The van der Waals surface area contributed by atoms with Crippen molar-refractivity contribution in [2.24, 2.45) is 14.1 Å². The summed E-state index contributed by atoms with van der Waals surface area (Å²) in [5, 5.41) is 15.6. The summed E-state index contributed by atoms with van der Waals surface area (Å²) in [7, 11) is 3.87. The van der Waals surface area contributed by atoms with E-state index in [4.69, 9.17) is 0 Å². The van der Waals surface area contributed by atoms with Gasteiger partial charge in [-0.05, 0) is 13.8 Å². The molecule has 17 heavy (non-hydrogen) atoms. The summed E-state index contributed by atoms with van der Waals surface area (Å²) >= 11 is 0. The second-order valence-corrected chi connectivity index (χ2v) is 4.36. The fourth-order valence-corrected chi connectivity index (χ4v) is 1.89. The van der Waals surface area contributed by atoms with Crippen LogP contribution in [0.25, 0.3) is 0 Å². The van der Waals surface area contributed by atoms with Crippen LogP contribution in [0.5, 0.6) is 0 Å². The van der Waals surface area contributed by atoms with Gasteiger partial charge in [-0.25, -0.2) is 0 Å². The van der Waals surface area contributed by atoms with Crippen LogP contribution in [0.4, 0.5) is 0 Å². The van der Waals surface area contributed by atoms with Crippen molar-refractivity contribution in [1.29, 1.82) is 0 Å². The molecule has 0 amide bonds. The van der Waals surface area contributed by atoms with Gasteiger partial charge in [-0.2, -0.15) is 5.10 Å². The van der Waals surface area contributed by atoms with Crippen LogP contribution < -0.4 is 5.32 Å². The summed E-state index contributed by atoms with van der Waals surface area (Å²) in [5.74, 6) is 0.931. The number of aryl methyl sites for hydroxylation is 2. The molecule has 0 radical (unpaired) electrons. The Kier molecular flexibility index (Phi) is 3.23. The van der Waals surface area contributed by atoms with Gasteiger partial charge >= 0.3 is 0 Å². The first kappa shape index (κ1) is 11.8. The van der Waals surface area contributed by atoms with Crippen LogP contribution in [0, 0.1) is 0 Å². The topological polar surface area (TPSA) is 60.6 Å². The Hall–Kier alpha value is -1.69. The molecule has 0 aromatic carbocycles. The number of nitrogens with one attached hydrogen (secondary N) is 1. The molecule has 2 unspecified atom stereocenters. The first-order valence-electron chi connectivity index (χ1n) is 5.66. The van der Waals surface area contributed by atoms with Crippen molar-refractivity contribution in [3.8, 4) is 0 Å². The minimum atomic E-state index is 0.151. The van der Waals surface area contributed by atoms with Crippen molar-refractivity contribution in [3.05, 3.63) is 30.1 Å². The van der Waals surface area contributed by atoms with Crippen molar-refractivity contribution in [2.75, 3.05) is 0 Å². The first-order valence-corrected chi connectivity index (χ1v) is 5.66. The van der Waals surface area contributed by atoms with Crippen LogP contribution in [0.15, 0.2) is 18.7 Å². The van der Waals surface area contributed by atoms with E-state index in [9.17, 15) is 0 Å². The lowest BCUT2D eigenvalue weighted by atomic mass is 10.1. The number of hydrogen-bond acceptors (Lipinski definition) is 4.